The molecule has 0 spiro atoms. The van der Waals surface area contributed by atoms with E-state index < -0.39 is 0 Å². The van der Waals surface area contributed by atoms with Gasteiger partial charge in [-0.05, 0) is 24.3 Å². The van der Waals surface area contributed by atoms with Crippen molar-refractivity contribution in [3.8, 4) is 0 Å². The monoisotopic (exact) mass is 448 g/mol. The molecule has 0 radical (unpaired) electrons. The summed E-state index contributed by atoms with van der Waals surface area (Å²) in [5.41, 5.74) is 0. The predicted molar refractivity (Wildman–Crippen MR) is 117 cm³/mol. The van der Waals surface area contributed by atoms with Crippen molar-refractivity contribution in [2.45, 2.75) is 0 Å². The van der Waals surface area contributed by atoms with Gasteiger partial charge in [-0.25, -0.2) is 0 Å². The Hall–Kier alpha value is -2.14. The second-order valence-electron chi connectivity index (χ2n) is 5.70. The predicted octanol–water partition coefficient (Wildman–Crippen LogP) is 3.98. The topological polar surface area (TPSA) is 66.9 Å². The summed E-state index contributed by atoms with van der Waals surface area (Å²) in [7, 11) is 0. The second kappa shape index (κ2) is 8.08. The van der Waals surface area contributed by atoms with Gasteiger partial charge in [0.1, 0.15) is 20.2 Å². The summed E-state index contributed by atoms with van der Waals surface area (Å²) in [5.74, 6) is 0.756. The molecule has 0 unspecified atom stereocenters. The van der Waals surface area contributed by atoms with Crippen LogP contribution in [0.25, 0.3) is 12.2 Å². The molecule has 2 aromatic rings. The molecule has 0 saturated carbocycles. The minimum absolute atomic E-state index is 0.206. The van der Waals surface area contributed by atoms with Crippen LogP contribution in [0.4, 0.5) is 0 Å². The molecule has 2 fully saturated rings. The van der Waals surface area contributed by atoms with Crippen molar-refractivity contribution in [2.75, 3.05) is 13.1 Å². The van der Waals surface area contributed by atoms with Gasteiger partial charge in [-0.3, -0.25) is 19.4 Å². The number of furan rings is 2. The Bertz CT molecular complexity index is 926. The van der Waals surface area contributed by atoms with E-state index in [-0.39, 0.29) is 24.9 Å². The fourth-order valence-corrected chi connectivity index (χ4v) is 5.17. The van der Waals surface area contributed by atoms with E-state index in [4.69, 9.17) is 33.3 Å². The summed E-state index contributed by atoms with van der Waals surface area (Å²) >= 11 is 13.1. The number of hydrogen-bond donors (Lipinski definition) is 0. The van der Waals surface area contributed by atoms with Gasteiger partial charge >= 0.3 is 0 Å². The normalized spacial score (nSPS) is 20.4. The van der Waals surface area contributed by atoms with Crippen molar-refractivity contribution in [3.63, 3.8) is 0 Å². The number of hydrogen-bond acceptors (Lipinski definition) is 8. The molecule has 10 heteroatoms. The van der Waals surface area contributed by atoms with Crippen LogP contribution >= 0.6 is 48.0 Å². The van der Waals surface area contributed by atoms with E-state index in [1.807, 2.05) is 0 Å². The van der Waals surface area contributed by atoms with Crippen LogP contribution in [0.3, 0.4) is 0 Å². The maximum Gasteiger partial charge on any atom is 0.266 e. The average molecular weight is 449 g/mol. The van der Waals surface area contributed by atoms with Crippen LogP contribution in [0, 0.1) is 0 Å². The Kier molecular flexibility index (Phi) is 5.54. The lowest BCUT2D eigenvalue weighted by Crippen LogP contribution is -2.39. The van der Waals surface area contributed by atoms with Gasteiger partial charge in [-0.2, -0.15) is 0 Å². The zero-order chi connectivity index (χ0) is 19.7. The molecule has 0 atom stereocenters. The molecule has 2 aromatic heterocycles. The molecule has 2 amide bonds. The summed E-state index contributed by atoms with van der Waals surface area (Å²) in [6.45, 7) is 0.529. The molecule has 6 nitrogen and oxygen atoms in total. The summed E-state index contributed by atoms with van der Waals surface area (Å²) in [6.07, 6.45) is 6.39. The fraction of sp³-hybridized carbons (Fsp3) is 0.111. The van der Waals surface area contributed by atoms with Gasteiger partial charge in [-0.1, -0.05) is 48.0 Å². The lowest BCUT2D eigenvalue weighted by molar-refractivity contribution is -0.125. The number of amides is 2. The van der Waals surface area contributed by atoms with Crippen molar-refractivity contribution in [2.24, 2.45) is 0 Å². The largest absolute Gasteiger partial charge is 0.465 e. The molecule has 0 N–H and O–H groups in total. The molecule has 2 aliphatic rings. The number of nitrogens with zero attached hydrogens (tertiary/aromatic N) is 2. The van der Waals surface area contributed by atoms with Gasteiger partial charge in [-0.15, -0.1) is 0 Å². The van der Waals surface area contributed by atoms with Crippen LogP contribution in [-0.2, 0) is 9.59 Å². The molecule has 142 valence electrons. The number of rotatable bonds is 5. The average Bonchev–Trinajstić information content (AvgIpc) is 3.43. The quantitative estimate of drug-likeness (QED) is 0.503. The van der Waals surface area contributed by atoms with E-state index in [0.717, 1.165) is 0 Å². The lowest BCUT2D eigenvalue weighted by Gasteiger charge is -2.19. The Morgan fingerprint density at radius 1 is 0.821 bits per heavy atom. The van der Waals surface area contributed by atoms with Crippen LogP contribution in [0.5, 0.6) is 0 Å². The molecule has 4 heterocycles. The number of carbonyl (C=O) groups excluding carboxylic acids is 2. The van der Waals surface area contributed by atoms with Gasteiger partial charge in [0.25, 0.3) is 11.8 Å². The Morgan fingerprint density at radius 2 is 1.25 bits per heavy atom. The SMILES string of the molecule is O=C1/C(=C/c2ccco2)SC(=S)N1CCN1C(=O)/C(=C/c2ccco2)SC1=S. The highest BCUT2D eigenvalue weighted by Gasteiger charge is 2.36. The molecule has 0 bridgehead atoms. The minimum atomic E-state index is -0.206. The van der Waals surface area contributed by atoms with E-state index in [1.165, 1.54) is 45.8 Å². The second-order valence-corrected chi connectivity index (χ2v) is 9.05. The Balaban J connectivity index is 1.43. The Morgan fingerprint density at radius 3 is 1.61 bits per heavy atom. The molecule has 0 aromatic carbocycles. The molecule has 2 aliphatic heterocycles. The molecule has 0 aliphatic carbocycles. The maximum atomic E-state index is 12.6. The first-order chi connectivity index (χ1) is 13.5. The van der Waals surface area contributed by atoms with E-state index in [2.05, 4.69) is 0 Å². The maximum absolute atomic E-state index is 12.6. The first-order valence-electron chi connectivity index (χ1n) is 8.10. The van der Waals surface area contributed by atoms with Crippen molar-refractivity contribution in [1.29, 1.82) is 0 Å². The Labute approximate surface area is 179 Å². The van der Waals surface area contributed by atoms with Crippen molar-refractivity contribution in [3.05, 3.63) is 58.1 Å². The van der Waals surface area contributed by atoms with E-state index >= 15 is 0 Å². The number of thioether (sulfide) groups is 2. The third-order valence-corrected chi connectivity index (χ3v) is 6.68. The highest BCUT2D eigenvalue weighted by molar-refractivity contribution is 8.27. The zero-order valence-electron chi connectivity index (χ0n) is 14.2. The third kappa shape index (κ3) is 3.86. The first-order valence-corrected chi connectivity index (χ1v) is 10.6. The van der Waals surface area contributed by atoms with Gasteiger partial charge < -0.3 is 8.83 Å². The third-order valence-electron chi connectivity index (χ3n) is 3.93. The first kappa shape index (κ1) is 19.2. The van der Waals surface area contributed by atoms with E-state index in [1.54, 1.807) is 36.4 Å². The number of carbonyl (C=O) groups is 2. The summed E-state index contributed by atoms with van der Waals surface area (Å²) in [4.78, 5) is 29.2. The van der Waals surface area contributed by atoms with E-state index in [0.29, 0.717) is 30.0 Å². The molecular formula is C18H12N2O4S4. The zero-order valence-corrected chi connectivity index (χ0v) is 17.5. The molecule has 2 saturated heterocycles. The lowest BCUT2D eigenvalue weighted by atomic mass is 10.3. The standard InChI is InChI=1S/C18H12N2O4S4/c21-15-13(9-11-3-1-7-23-11)27-17(25)19(15)5-6-20-16(22)14(28-18(20)26)10-12-4-2-8-24-12/h1-4,7-10H,5-6H2/b13-9-,14-10-. The van der Waals surface area contributed by atoms with Crippen LogP contribution in [-0.4, -0.2) is 43.3 Å². The van der Waals surface area contributed by atoms with Crippen molar-refractivity contribution >= 4 is 80.6 Å². The molecular weight excluding hydrogens is 436 g/mol. The van der Waals surface area contributed by atoms with Gasteiger partial charge in [0.05, 0.1) is 22.3 Å². The van der Waals surface area contributed by atoms with Crippen molar-refractivity contribution in [1.82, 2.24) is 9.80 Å². The minimum Gasteiger partial charge on any atom is -0.465 e. The molecule has 4 rings (SSSR count). The highest BCUT2D eigenvalue weighted by atomic mass is 32.2. The van der Waals surface area contributed by atoms with Crippen LogP contribution in [0.2, 0.25) is 0 Å². The van der Waals surface area contributed by atoms with Gasteiger partial charge in [0.2, 0.25) is 0 Å². The van der Waals surface area contributed by atoms with Crippen LogP contribution < -0.4 is 0 Å². The van der Waals surface area contributed by atoms with Crippen molar-refractivity contribution < 1.29 is 18.4 Å². The smallest absolute Gasteiger partial charge is 0.266 e. The highest BCUT2D eigenvalue weighted by Crippen LogP contribution is 2.35. The van der Waals surface area contributed by atoms with Gasteiger partial charge in [0.15, 0.2) is 0 Å². The summed E-state index contributed by atoms with van der Waals surface area (Å²) in [6, 6.07) is 7.02. The van der Waals surface area contributed by atoms with Crippen LogP contribution in [0.15, 0.2) is 55.4 Å². The summed E-state index contributed by atoms with van der Waals surface area (Å²) in [5, 5.41) is 0. The molecule has 28 heavy (non-hydrogen) atoms. The summed E-state index contributed by atoms with van der Waals surface area (Å²) < 4.78 is 11.4. The van der Waals surface area contributed by atoms with Crippen LogP contribution in [0.1, 0.15) is 11.5 Å². The fourth-order valence-electron chi connectivity index (χ4n) is 2.59. The van der Waals surface area contributed by atoms with E-state index in [9.17, 15) is 9.59 Å². The number of thiocarbonyl (C=S) groups is 2. The van der Waals surface area contributed by atoms with Gasteiger partial charge in [0, 0.05) is 25.2 Å².